The molecule has 1 amide bonds. The van der Waals surface area contributed by atoms with Crippen molar-refractivity contribution >= 4 is 23.6 Å². The molecule has 33 heavy (non-hydrogen) atoms. The van der Waals surface area contributed by atoms with Crippen LogP contribution < -0.4 is 5.32 Å². The first-order chi connectivity index (χ1) is 15.7. The third-order valence-electron chi connectivity index (χ3n) is 4.72. The first-order valence-electron chi connectivity index (χ1n) is 9.97. The highest BCUT2D eigenvalue weighted by Gasteiger charge is 2.31. The fourth-order valence-corrected chi connectivity index (χ4v) is 3.96. The average molecular weight is 478 g/mol. The van der Waals surface area contributed by atoms with Gasteiger partial charge in [0.25, 0.3) is 0 Å². The van der Waals surface area contributed by atoms with Crippen molar-refractivity contribution in [2.45, 2.75) is 36.6 Å². The minimum absolute atomic E-state index is 0.108. The zero-order chi connectivity index (χ0) is 24.0. The van der Waals surface area contributed by atoms with Gasteiger partial charge in [-0.25, -0.2) is 9.78 Å². The highest BCUT2D eigenvalue weighted by atomic mass is 32.2. The Balaban J connectivity index is 1.68. The van der Waals surface area contributed by atoms with Crippen LogP contribution in [0.1, 0.15) is 22.8 Å². The van der Waals surface area contributed by atoms with Crippen molar-refractivity contribution in [1.29, 1.82) is 0 Å². The number of imidazole rings is 1. The van der Waals surface area contributed by atoms with Crippen LogP contribution in [0.4, 0.5) is 13.2 Å². The molecule has 0 aliphatic rings. The fraction of sp³-hybridized carbons (Fsp3) is 0.261. The molecule has 0 spiro atoms. The molecule has 0 saturated heterocycles. The number of thioether (sulfide) groups is 1. The molecular weight excluding hydrogens is 455 g/mol. The van der Waals surface area contributed by atoms with E-state index in [9.17, 15) is 22.8 Å². The second-order valence-corrected chi connectivity index (χ2v) is 8.47. The molecule has 2 aromatic carbocycles. The van der Waals surface area contributed by atoms with Crippen LogP contribution in [0.25, 0.3) is 11.3 Å². The number of amides is 1. The second kappa shape index (κ2) is 10.6. The minimum Gasteiger partial charge on any atom is -0.465 e. The van der Waals surface area contributed by atoms with Gasteiger partial charge in [-0.15, -0.1) is 0 Å². The van der Waals surface area contributed by atoms with Crippen LogP contribution in [-0.2, 0) is 22.6 Å². The second-order valence-electron chi connectivity index (χ2n) is 7.16. The van der Waals surface area contributed by atoms with Gasteiger partial charge in [0, 0.05) is 6.54 Å². The molecule has 0 fully saturated rings. The summed E-state index contributed by atoms with van der Waals surface area (Å²) in [6, 6.07) is 15.2. The number of halogens is 3. The van der Waals surface area contributed by atoms with E-state index in [1.165, 1.54) is 13.3 Å². The molecule has 0 bridgehead atoms. The van der Waals surface area contributed by atoms with Crippen LogP contribution in [0.3, 0.4) is 0 Å². The number of ether oxygens (including phenoxy) is 1. The van der Waals surface area contributed by atoms with Gasteiger partial charge in [-0.1, -0.05) is 54.2 Å². The Morgan fingerprint density at radius 1 is 1.12 bits per heavy atom. The van der Waals surface area contributed by atoms with Crippen molar-refractivity contribution in [3.8, 4) is 11.3 Å². The molecule has 10 heteroatoms. The summed E-state index contributed by atoms with van der Waals surface area (Å²) in [5, 5.41) is 2.18. The molecule has 0 radical (unpaired) electrons. The molecule has 1 heterocycles. The first kappa shape index (κ1) is 24.4. The summed E-state index contributed by atoms with van der Waals surface area (Å²) in [7, 11) is 1.29. The maximum atomic E-state index is 13.2. The van der Waals surface area contributed by atoms with Crippen LogP contribution in [0, 0.1) is 0 Å². The van der Waals surface area contributed by atoms with Gasteiger partial charge in [-0.05, 0) is 30.2 Å². The molecule has 1 atom stereocenters. The zero-order valence-electron chi connectivity index (χ0n) is 17.9. The van der Waals surface area contributed by atoms with E-state index in [-0.39, 0.29) is 17.6 Å². The van der Waals surface area contributed by atoms with Gasteiger partial charge in [-0.2, -0.15) is 13.2 Å². The van der Waals surface area contributed by atoms with E-state index >= 15 is 0 Å². The van der Waals surface area contributed by atoms with Gasteiger partial charge in [-0.3, -0.25) is 4.79 Å². The highest BCUT2D eigenvalue weighted by Crippen LogP contribution is 2.31. The largest absolute Gasteiger partial charge is 0.465 e. The Kier molecular flexibility index (Phi) is 7.80. The number of methoxy groups -OCH3 is 1. The Morgan fingerprint density at radius 3 is 2.39 bits per heavy atom. The lowest BCUT2D eigenvalue weighted by atomic mass is 10.1. The van der Waals surface area contributed by atoms with E-state index in [1.54, 1.807) is 61.5 Å². The van der Waals surface area contributed by atoms with Crippen molar-refractivity contribution in [2.75, 3.05) is 7.11 Å². The third-order valence-corrected chi connectivity index (χ3v) is 5.82. The number of benzene rings is 2. The molecule has 174 valence electrons. The number of hydrogen-bond donors (Lipinski definition) is 1. The third kappa shape index (κ3) is 6.61. The normalized spacial score (nSPS) is 12.3. The Bertz CT molecular complexity index is 1100. The predicted octanol–water partition coefficient (Wildman–Crippen LogP) is 4.70. The molecule has 1 unspecified atom stereocenters. The number of alkyl halides is 3. The van der Waals surface area contributed by atoms with E-state index in [0.29, 0.717) is 16.8 Å². The van der Waals surface area contributed by atoms with Gasteiger partial charge >= 0.3 is 12.1 Å². The topological polar surface area (TPSA) is 73.2 Å². The van der Waals surface area contributed by atoms with Gasteiger partial charge in [0.1, 0.15) is 6.54 Å². The maximum Gasteiger partial charge on any atom is 0.406 e. The average Bonchev–Trinajstić information content (AvgIpc) is 3.18. The number of carbonyl (C=O) groups excluding carboxylic acids is 2. The fourth-order valence-electron chi connectivity index (χ4n) is 3.05. The summed E-state index contributed by atoms with van der Waals surface area (Å²) in [6.45, 7) is 0.604. The maximum absolute atomic E-state index is 13.2. The van der Waals surface area contributed by atoms with Crippen molar-refractivity contribution in [3.05, 3.63) is 71.9 Å². The van der Waals surface area contributed by atoms with Crippen molar-refractivity contribution in [1.82, 2.24) is 14.9 Å². The minimum atomic E-state index is -4.44. The lowest BCUT2D eigenvalue weighted by molar-refractivity contribution is -0.141. The first-order valence-corrected chi connectivity index (χ1v) is 10.8. The Morgan fingerprint density at radius 2 is 1.79 bits per heavy atom. The standard InChI is InChI=1S/C23H22F3N3O3S/c1-15(20(30)27-12-16-8-10-18(11-9-16)21(31)32-2)33-22-28-13-19(17-6-4-3-5-7-17)29(22)14-23(24,25)26/h3-11,13,15H,12,14H2,1-2H3,(H,27,30). The number of esters is 1. The summed E-state index contributed by atoms with van der Waals surface area (Å²) >= 11 is 0.958. The summed E-state index contributed by atoms with van der Waals surface area (Å²) in [6.07, 6.45) is -3.06. The summed E-state index contributed by atoms with van der Waals surface area (Å²) in [4.78, 5) is 28.2. The molecular formula is C23H22F3N3O3S. The van der Waals surface area contributed by atoms with Crippen LogP contribution in [-0.4, -0.2) is 40.0 Å². The zero-order valence-corrected chi connectivity index (χ0v) is 18.7. The van der Waals surface area contributed by atoms with Crippen molar-refractivity contribution < 1.29 is 27.5 Å². The number of rotatable bonds is 8. The van der Waals surface area contributed by atoms with E-state index in [1.807, 2.05) is 0 Å². The highest BCUT2D eigenvalue weighted by molar-refractivity contribution is 8.00. The Hall–Kier alpha value is -3.27. The smallest absolute Gasteiger partial charge is 0.406 e. The van der Waals surface area contributed by atoms with Crippen LogP contribution >= 0.6 is 11.8 Å². The molecule has 1 N–H and O–H groups in total. The van der Waals surface area contributed by atoms with E-state index in [4.69, 9.17) is 0 Å². The van der Waals surface area contributed by atoms with Crippen LogP contribution in [0.15, 0.2) is 66.0 Å². The monoisotopic (exact) mass is 477 g/mol. The molecule has 0 saturated carbocycles. The number of hydrogen-bond acceptors (Lipinski definition) is 5. The summed E-state index contributed by atoms with van der Waals surface area (Å²) in [5.74, 6) is -0.806. The van der Waals surface area contributed by atoms with Crippen molar-refractivity contribution in [3.63, 3.8) is 0 Å². The number of nitrogens with one attached hydrogen (secondary N) is 1. The molecule has 3 aromatic rings. The number of nitrogens with zero attached hydrogens (tertiary/aromatic N) is 2. The number of aromatic nitrogens is 2. The van der Waals surface area contributed by atoms with E-state index in [2.05, 4.69) is 15.0 Å². The van der Waals surface area contributed by atoms with Crippen LogP contribution in [0.5, 0.6) is 0 Å². The van der Waals surface area contributed by atoms with Crippen LogP contribution in [0.2, 0.25) is 0 Å². The van der Waals surface area contributed by atoms with Gasteiger partial charge in [0.2, 0.25) is 5.91 Å². The van der Waals surface area contributed by atoms with E-state index in [0.717, 1.165) is 21.9 Å². The molecule has 0 aliphatic carbocycles. The Labute approximate surface area is 193 Å². The quantitative estimate of drug-likeness (QED) is 0.376. The van der Waals surface area contributed by atoms with Gasteiger partial charge in [0.15, 0.2) is 5.16 Å². The molecule has 0 aliphatic heterocycles. The molecule has 1 aromatic heterocycles. The number of carbonyl (C=O) groups is 2. The molecule has 6 nitrogen and oxygen atoms in total. The summed E-state index contributed by atoms with van der Waals surface area (Å²) in [5.41, 5.74) is 2.09. The molecule has 3 rings (SSSR count). The van der Waals surface area contributed by atoms with Gasteiger partial charge < -0.3 is 14.6 Å². The van der Waals surface area contributed by atoms with Crippen molar-refractivity contribution in [2.24, 2.45) is 0 Å². The summed E-state index contributed by atoms with van der Waals surface area (Å²) < 4.78 is 45.4. The lowest BCUT2D eigenvalue weighted by Gasteiger charge is -2.16. The lowest BCUT2D eigenvalue weighted by Crippen LogP contribution is -2.31. The SMILES string of the molecule is COC(=O)c1ccc(CNC(=O)C(C)Sc2ncc(-c3ccccc3)n2CC(F)(F)F)cc1. The van der Waals surface area contributed by atoms with E-state index < -0.39 is 23.9 Å². The predicted molar refractivity (Wildman–Crippen MR) is 119 cm³/mol. The van der Waals surface area contributed by atoms with Gasteiger partial charge in [0.05, 0.1) is 29.8 Å².